The maximum absolute atomic E-state index is 15.4. The highest BCUT2D eigenvalue weighted by Crippen LogP contribution is 2.43. The van der Waals surface area contributed by atoms with E-state index in [-0.39, 0.29) is 42.3 Å². The fourth-order valence-corrected chi connectivity index (χ4v) is 12.3. The molecule has 0 amide bonds. The summed E-state index contributed by atoms with van der Waals surface area (Å²) in [5, 5.41) is 33.4. The lowest BCUT2D eigenvalue weighted by atomic mass is 9.94. The van der Waals surface area contributed by atoms with Crippen molar-refractivity contribution in [3.8, 4) is 16.9 Å². The Morgan fingerprint density at radius 1 is 1.01 bits per heavy atom. The zero-order chi connectivity index (χ0) is 47.6. The number of nitrogens with zero attached hydrogens (tertiary/aromatic N) is 7. The van der Waals surface area contributed by atoms with Crippen LogP contribution >= 0.6 is 34.4 Å². The number of aliphatic hydroxyl groups excluding tert-OH is 1. The Kier molecular flexibility index (Phi) is 14.8. The van der Waals surface area contributed by atoms with Crippen LogP contribution < -0.4 is 0 Å². The van der Waals surface area contributed by atoms with Crippen LogP contribution in [0.1, 0.15) is 76.3 Å². The number of sulfonamides is 1. The summed E-state index contributed by atoms with van der Waals surface area (Å²) in [5.41, 5.74) is 7.34. The van der Waals surface area contributed by atoms with E-state index >= 15 is 8.42 Å². The smallest absolute Gasteiger partial charge is 0.354 e. The summed E-state index contributed by atoms with van der Waals surface area (Å²) in [6.07, 6.45) is 3.10. The number of esters is 1. The molecule has 3 aromatic heterocycles. The molecule has 8 rings (SSSR count). The molecule has 2 N–H and O–H groups in total. The van der Waals surface area contributed by atoms with Gasteiger partial charge in [0.25, 0.3) is 15.7 Å². The van der Waals surface area contributed by atoms with Gasteiger partial charge in [-0.1, -0.05) is 71.1 Å². The predicted octanol–water partition coefficient (Wildman–Crippen LogP) is 8.88. The summed E-state index contributed by atoms with van der Waals surface area (Å²) < 4.78 is 51.2. The molecular weight excluding hydrogens is 1010 g/mol. The maximum Gasteiger partial charge on any atom is 0.354 e. The minimum Gasteiger partial charge on any atom is -0.507 e. The van der Waals surface area contributed by atoms with E-state index < -0.39 is 16.0 Å². The van der Waals surface area contributed by atoms with Crippen molar-refractivity contribution in [3.05, 3.63) is 118 Å². The Labute approximate surface area is 408 Å². The van der Waals surface area contributed by atoms with Crippen LogP contribution in [0.15, 0.2) is 88.7 Å². The van der Waals surface area contributed by atoms with Crippen LogP contribution in [0.25, 0.3) is 32.8 Å². The van der Waals surface area contributed by atoms with Crippen molar-refractivity contribution in [1.82, 2.24) is 28.4 Å². The van der Waals surface area contributed by atoms with Gasteiger partial charge in [-0.15, -0.1) is 11.8 Å². The standard InChI is InChI=1S/C49H54IN7O8S2/c1-31-45(46-33(27-50)20-21-39-38(16-13-22-58)48(49(60)63-5)53(2)47(39)46)40(52-57(31)44-19-11-12-23-65-44)29-56(67(61,62)43-18-10-9-17-41(43)55(4)64-6)28-34-25-35(54(3)51-34)30-66-36-24-32-14-7-8-15-37(32)42(59)26-36/h7-10,14-15,17-18,20-21,24-26,44,58H,4,11-13,16,19,22-23,27-30H2,1-3,5-6H3/p+1. The van der Waals surface area contributed by atoms with Crippen molar-refractivity contribution in [2.45, 2.75) is 78.3 Å². The number of aliphatic hydroxyl groups is 1. The topological polar surface area (TPSA) is 166 Å². The number of halogens is 1. The van der Waals surface area contributed by atoms with Gasteiger partial charge in [0.2, 0.25) is 0 Å². The third-order valence-electron chi connectivity index (χ3n) is 12.4. The molecule has 1 aliphatic rings. The molecule has 0 aliphatic carbocycles. The average Bonchev–Trinajstić information content (AvgIpc) is 3.97. The van der Waals surface area contributed by atoms with Gasteiger partial charge < -0.3 is 24.3 Å². The monoisotopic (exact) mass is 1060 g/mol. The van der Waals surface area contributed by atoms with E-state index in [1.165, 1.54) is 29.3 Å². The maximum atomic E-state index is 15.4. The van der Waals surface area contributed by atoms with Crippen LogP contribution in [0.3, 0.4) is 0 Å². The first-order chi connectivity index (χ1) is 32.3. The van der Waals surface area contributed by atoms with Crippen LogP contribution in [0.4, 0.5) is 5.69 Å². The molecule has 1 fully saturated rings. The van der Waals surface area contributed by atoms with Gasteiger partial charge in [0.05, 0.1) is 37.1 Å². The van der Waals surface area contributed by atoms with Crippen LogP contribution in [0.2, 0.25) is 0 Å². The molecule has 0 bridgehead atoms. The van der Waals surface area contributed by atoms with Crippen molar-refractivity contribution in [1.29, 1.82) is 0 Å². The van der Waals surface area contributed by atoms with E-state index in [9.17, 15) is 15.0 Å². The minimum absolute atomic E-state index is 0.0169. The van der Waals surface area contributed by atoms with Crippen LogP contribution in [0, 0.1) is 6.92 Å². The van der Waals surface area contributed by atoms with Crippen molar-refractivity contribution in [2.24, 2.45) is 14.1 Å². The third kappa shape index (κ3) is 9.48. The molecule has 0 saturated carbocycles. The minimum atomic E-state index is -4.37. The van der Waals surface area contributed by atoms with Gasteiger partial charge in [0.15, 0.2) is 11.6 Å². The van der Waals surface area contributed by atoms with Gasteiger partial charge in [-0.05, 0) is 79.8 Å². The third-order valence-corrected chi connectivity index (χ3v) is 16.1. The highest BCUT2D eigenvalue weighted by Gasteiger charge is 2.36. The van der Waals surface area contributed by atoms with E-state index in [0.717, 1.165) is 79.5 Å². The number of benzene rings is 4. The molecule has 0 spiro atoms. The summed E-state index contributed by atoms with van der Waals surface area (Å²) in [7, 11) is 2.09. The highest BCUT2D eigenvalue weighted by molar-refractivity contribution is 14.1. The second-order valence-corrected chi connectivity index (χ2v) is 20.2. The Balaban J connectivity index is 1.28. The van der Waals surface area contributed by atoms with Gasteiger partial charge in [-0.2, -0.15) is 14.5 Å². The lowest BCUT2D eigenvalue weighted by Crippen LogP contribution is -2.31. The summed E-state index contributed by atoms with van der Waals surface area (Å²) in [5.74, 6) is 0.213. The molecule has 1 unspecified atom stereocenters. The summed E-state index contributed by atoms with van der Waals surface area (Å²) >= 11 is 3.89. The van der Waals surface area contributed by atoms with Gasteiger partial charge in [-0.25, -0.2) is 17.9 Å². The van der Waals surface area contributed by atoms with Crippen molar-refractivity contribution >= 4 is 84.4 Å². The zero-order valence-electron chi connectivity index (χ0n) is 38.2. The number of aryl methyl sites for hydroxylation is 3. The molecule has 18 heteroatoms. The predicted molar refractivity (Wildman–Crippen MR) is 267 cm³/mol. The molecule has 4 heterocycles. The number of methoxy groups -OCH3 is 1. The number of rotatable bonds is 18. The van der Waals surface area contributed by atoms with Gasteiger partial charge >= 0.3 is 5.97 Å². The Hall–Kier alpha value is -5.25. The quantitative estimate of drug-likeness (QED) is 0.0160. The van der Waals surface area contributed by atoms with Gasteiger partial charge in [0.1, 0.15) is 24.8 Å². The molecule has 15 nitrogen and oxygen atoms in total. The first-order valence-corrected chi connectivity index (χ1v) is 25.9. The Morgan fingerprint density at radius 3 is 2.52 bits per heavy atom. The first-order valence-electron chi connectivity index (χ1n) is 22.0. The molecule has 1 saturated heterocycles. The summed E-state index contributed by atoms with van der Waals surface area (Å²) in [6, 6.07) is 24.0. The second kappa shape index (κ2) is 20.5. The number of carbonyl (C=O) groups is 1. The normalized spacial score (nSPS) is 14.4. The molecule has 67 heavy (non-hydrogen) atoms. The molecule has 7 aromatic rings. The number of carbonyl (C=O) groups excluding carboxylic acids is 1. The average molecular weight is 1060 g/mol. The van der Waals surface area contributed by atoms with E-state index in [1.54, 1.807) is 40.7 Å². The number of phenols is 1. The van der Waals surface area contributed by atoms with E-state index in [2.05, 4.69) is 35.4 Å². The van der Waals surface area contributed by atoms with Crippen LogP contribution in [0.5, 0.6) is 5.75 Å². The van der Waals surface area contributed by atoms with Crippen molar-refractivity contribution in [3.63, 3.8) is 0 Å². The molecule has 4 aromatic carbocycles. The Bertz CT molecular complexity index is 3100. The lowest BCUT2D eigenvalue weighted by molar-refractivity contribution is -0.715. The molecular formula is C49H55IN7O8S2+. The fourth-order valence-electron chi connectivity index (χ4n) is 9.11. The van der Waals surface area contributed by atoms with Crippen LogP contribution in [-0.4, -0.2) is 91.9 Å². The SMILES string of the molecule is C=[N+](OC)c1ccccc1S(=O)(=O)N(Cc1cc(CSc2cc(O)c3ccccc3c2)n(C)n1)Cc1nn(C2CCCCO2)c(C)c1-c1c(CI)ccc2c(CCCO)c(C(=O)OC)n(C)c12. The summed E-state index contributed by atoms with van der Waals surface area (Å²) in [4.78, 5) is 19.8. The number of hydrogen-bond acceptors (Lipinski definition) is 11. The largest absolute Gasteiger partial charge is 0.507 e. The second-order valence-electron chi connectivity index (χ2n) is 16.5. The Morgan fingerprint density at radius 2 is 1.79 bits per heavy atom. The fraction of sp³-hybridized carbons (Fsp3) is 0.347. The number of aromatic nitrogens is 5. The molecule has 1 atom stereocenters. The van der Waals surface area contributed by atoms with Gasteiger partial charge in [-0.3, -0.25) is 9.52 Å². The van der Waals surface area contributed by atoms with Gasteiger partial charge in [0, 0.05) is 86.5 Å². The number of para-hydroxylation sites is 1. The molecule has 352 valence electrons. The molecule has 0 radical (unpaired) electrons. The number of phenolic OH excluding ortho intramolecular Hbond substituents is 1. The van der Waals surface area contributed by atoms with Crippen molar-refractivity contribution < 1.29 is 42.5 Å². The van der Waals surface area contributed by atoms with E-state index in [4.69, 9.17) is 24.5 Å². The number of fused-ring (bicyclic) bond motifs is 2. The number of thioether (sulfide) groups is 1. The number of aromatic hydroxyl groups is 1. The van der Waals surface area contributed by atoms with Crippen molar-refractivity contribution in [2.75, 3.05) is 27.4 Å². The zero-order valence-corrected chi connectivity index (χ0v) is 42.0. The van der Waals surface area contributed by atoms with E-state index in [1.807, 2.05) is 72.7 Å². The number of hydrogen-bond donors (Lipinski definition) is 2. The number of ether oxygens (including phenoxy) is 2. The lowest BCUT2D eigenvalue weighted by Gasteiger charge is -2.24. The first kappa shape index (κ1) is 48.2. The summed E-state index contributed by atoms with van der Waals surface area (Å²) in [6.45, 7) is 6.16. The van der Waals surface area contributed by atoms with Crippen LogP contribution in [-0.2, 0) is 68.1 Å². The molecule has 1 aliphatic heterocycles. The number of alkyl halides is 1. The highest BCUT2D eigenvalue weighted by atomic mass is 127. The van der Waals surface area contributed by atoms with E-state index in [0.29, 0.717) is 46.7 Å².